The second kappa shape index (κ2) is 7.74. The highest BCUT2D eigenvalue weighted by molar-refractivity contribution is 5.78. The average Bonchev–Trinajstić information content (AvgIpc) is 3.35. The van der Waals surface area contributed by atoms with Gasteiger partial charge in [-0.3, -0.25) is 9.69 Å². The van der Waals surface area contributed by atoms with Crippen molar-refractivity contribution in [2.75, 3.05) is 20.7 Å². The molecule has 0 saturated heterocycles. The molecule has 2 aromatic rings. The van der Waals surface area contributed by atoms with Crippen LogP contribution in [0.25, 0.3) is 0 Å². The summed E-state index contributed by atoms with van der Waals surface area (Å²) in [7, 11) is 3.59. The number of ether oxygens (including phenoxy) is 1. The summed E-state index contributed by atoms with van der Waals surface area (Å²) in [4.78, 5) is 14.4. The maximum atomic E-state index is 12.5. The van der Waals surface area contributed by atoms with Crippen molar-refractivity contribution in [1.29, 1.82) is 0 Å². The molecule has 1 heterocycles. The van der Waals surface area contributed by atoms with E-state index in [0.717, 1.165) is 22.8 Å². The third kappa shape index (κ3) is 4.86. The molecule has 1 saturated carbocycles. The SMILES string of the molecule is COc1ccc(C(NC(=O)CN(C)Cc2ccc(C)o2)C2CC2)cc1. The second-order valence-corrected chi connectivity index (χ2v) is 6.84. The number of carbonyl (C=O) groups excluding carboxylic acids is 1. The summed E-state index contributed by atoms with van der Waals surface area (Å²) < 4.78 is 10.8. The van der Waals surface area contributed by atoms with Gasteiger partial charge in [0.05, 0.1) is 26.2 Å². The largest absolute Gasteiger partial charge is 0.497 e. The van der Waals surface area contributed by atoms with Crippen molar-refractivity contribution in [2.24, 2.45) is 5.92 Å². The van der Waals surface area contributed by atoms with E-state index in [0.29, 0.717) is 19.0 Å². The molecule has 5 nitrogen and oxygen atoms in total. The Labute approximate surface area is 149 Å². The normalized spacial score (nSPS) is 15.2. The average molecular weight is 342 g/mol. The Balaban J connectivity index is 1.57. The molecule has 1 amide bonds. The summed E-state index contributed by atoms with van der Waals surface area (Å²) in [6.07, 6.45) is 2.33. The van der Waals surface area contributed by atoms with Crippen LogP contribution >= 0.6 is 0 Å². The molecule has 0 radical (unpaired) electrons. The van der Waals surface area contributed by atoms with Gasteiger partial charge in [-0.15, -0.1) is 0 Å². The van der Waals surface area contributed by atoms with Crippen LogP contribution in [0.3, 0.4) is 0 Å². The summed E-state index contributed by atoms with van der Waals surface area (Å²) in [6, 6.07) is 11.9. The number of nitrogens with one attached hydrogen (secondary N) is 1. The lowest BCUT2D eigenvalue weighted by Gasteiger charge is -2.21. The molecule has 0 bridgehead atoms. The summed E-state index contributed by atoms with van der Waals surface area (Å²) in [5.41, 5.74) is 1.14. The van der Waals surface area contributed by atoms with Gasteiger partial charge in [0.25, 0.3) is 0 Å². The lowest BCUT2D eigenvalue weighted by atomic mass is 10.0. The minimum absolute atomic E-state index is 0.0403. The van der Waals surface area contributed by atoms with Crippen LogP contribution in [0.4, 0.5) is 0 Å². The van der Waals surface area contributed by atoms with Crippen LogP contribution in [0, 0.1) is 12.8 Å². The van der Waals surface area contributed by atoms with Crippen LogP contribution in [-0.2, 0) is 11.3 Å². The first-order chi connectivity index (χ1) is 12.0. The fraction of sp³-hybridized carbons (Fsp3) is 0.450. The standard InChI is InChI=1S/C20H26N2O3/c1-14-4-9-18(25-14)12-22(2)13-19(23)21-20(15-5-6-15)16-7-10-17(24-3)11-8-16/h4,7-11,15,20H,5-6,12-13H2,1-3H3,(H,21,23). The van der Waals surface area contributed by atoms with Crippen molar-refractivity contribution in [3.8, 4) is 5.75 Å². The molecule has 1 atom stereocenters. The molecule has 3 rings (SSSR count). The van der Waals surface area contributed by atoms with Crippen molar-refractivity contribution in [3.05, 3.63) is 53.5 Å². The molecule has 25 heavy (non-hydrogen) atoms. The minimum Gasteiger partial charge on any atom is -0.497 e. The third-order valence-electron chi connectivity index (χ3n) is 4.52. The molecule has 0 spiro atoms. The number of hydrogen-bond acceptors (Lipinski definition) is 4. The Morgan fingerprint density at radius 2 is 2.00 bits per heavy atom. The van der Waals surface area contributed by atoms with Gasteiger partial charge in [-0.25, -0.2) is 0 Å². The van der Waals surface area contributed by atoms with Crippen LogP contribution in [0.2, 0.25) is 0 Å². The highest BCUT2D eigenvalue weighted by atomic mass is 16.5. The van der Waals surface area contributed by atoms with Gasteiger partial charge in [-0.1, -0.05) is 12.1 Å². The number of rotatable bonds is 8. The molecule has 1 aromatic carbocycles. The topological polar surface area (TPSA) is 54.7 Å². The molecule has 1 aliphatic carbocycles. The van der Waals surface area contributed by atoms with E-state index in [1.165, 1.54) is 12.8 Å². The maximum absolute atomic E-state index is 12.5. The summed E-state index contributed by atoms with van der Waals surface area (Å²) >= 11 is 0. The van der Waals surface area contributed by atoms with Crippen LogP contribution in [0.15, 0.2) is 40.8 Å². The van der Waals surface area contributed by atoms with E-state index in [4.69, 9.17) is 9.15 Å². The van der Waals surface area contributed by atoms with E-state index in [1.807, 2.05) is 55.3 Å². The molecule has 1 aromatic heterocycles. The van der Waals surface area contributed by atoms with Crippen molar-refractivity contribution >= 4 is 5.91 Å². The number of furan rings is 1. The van der Waals surface area contributed by atoms with Gasteiger partial charge in [0, 0.05) is 0 Å². The van der Waals surface area contributed by atoms with Gasteiger partial charge in [0.15, 0.2) is 0 Å². The van der Waals surface area contributed by atoms with Crippen molar-refractivity contribution in [1.82, 2.24) is 10.2 Å². The number of methoxy groups -OCH3 is 1. The zero-order valence-corrected chi connectivity index (χ0v) is 15.1. The monoisotopic (exact) mass is 342 g/mol. The molecule has 134 valence electrons. The fourth-order valence-electron chi connectivity index (χ4n) is 3.07. The molecule has 0 aliphatic heterocycles. The highest BCUT2D eigenvalue weighted by Crippen LogP contribution is 2.41. The zero-order valence-electron chi connectivity index (χ0n) is 15.1. The first kappa shape index (κ1) is 17.5. The number of likely N-dealkylation sites (N-methyl/N-ethyl adjacent to an activating group) is 1. The van der Waals surface area contributed by atoms with Gasteiger partial charge < -0.3 is 14.5 Å². The van der Waals surface area contributed by atoms with Gasteiger partial charge in [0.2, 0.25) is 5.91 Å². The Hall–Kier alpha value is -2.27. The Morgan fingerprint density at radius 3 is 2.56 bits per heavy atom. The molecule has 1 aliphatic rings. The Morgan fingerprint density at radius 1 is 1.28 bits per heavy atom. The van der Waals surface area contributed by atoms with Crippen molar-refractivity contribution < 1.29 is 13.9 Å². The van der Waals surface area contributed by atoms with E-state index in [9.17, 15) is 4.79 Å². The van der Waals surface area contributed by atoms with Gasteiger partial charge >= 0.3 is 0 Å². The Bertz CT molecular complexity index is 704. The molecular formula is C20H26N2O3. The van der Waals surface area contributed by atoms with Crippen LogP contribution in [-0.4, -0.2) is 31.5 Å². The van der Waals surface area contributed by atoms with Gasteiger partial charge in [-0.05, 0) is 62.6 Å². The summed E-state index contributed by atoms with van der Waals surface area (Å²) in [5.74, 6) is 3.18. The summed E-state index contributed by atoms with van der Waals surface area (Å²) in [6.45, 7) is 2.89. The second-order valence-electron chi connectivity index (χ2n) is 6.84. The zero-order chi connectivity index (χ0) is 17.8. The van der Waals surface area contributed by atoms with E-state index in [-0.39, 0.29) is 11.9 Å². The quantitative estimate of drug-likeness (QED) is 0.800. The minimum atomic E-state index is 0.0403. The Kier molecular flexibility index (Phi) is 5.43. The smallest absolute Gasteiger partial charge is 0.234 e. The lowest BCUT2D eigenvalue weighted by Crippen LogP contribution is -2.37. The number of nitrogens with zero attached hydrogens (tertiary/aromatic N) is 1. The van der Waals surface area contributed by atoms with E-state index >= 15 is 0 Å². The van der Waals surface area contributed by atoms with E-state index in [2.05, 4.69) is 5.32 Å². The summed E-state index contributed by atoms with van der Waals surface area (Å²) in [5, 5.41) is 3.20. The predicted molar refractivity (Wildman–Crippen MR) is 96.4 cm³/mol. The molecule has 5 heteroatoms. The van der Waals surface area contributed by atoms with Crippen molar-refractivity contribution in [2.45, 2.75) is 32.4 Å². The van der Waals surface area contributed by atoms with E-state index in [1.54, 1.807) is 7.11 Å². The van der Waals surface area contributed by atoms with Crippen LogP contribution in [0.1, 0.15) is 36.0 Å². The van der Waals surface area contributed by atoms with Gasteiger partial charge in [0.1, 0.15) is 17.3 Å². The van der Waals surface area contributed by atoms with Crippen LogP contribution < -0.4 is 10.1 Å². The molecule has 1 N–H and O–H groups in total. The molecule has 1 fully saturated rings. The lowest BCUT2D eigenvalue weighted by molar-refractivity contribution is -0.123. The number of aryl methyl sites for hydroxylation is 1. The maximum Gasteiger partial charge on any atom is 0.234 e. The number of hydrogen-bond donors (Lipinski definition) is 1. The number of carbonyl (C=O) groups is 1. The fourth-order valence-corrected chi connectivity index (χ4v) is 3.07. The van der Waals surface area contributed by atoms with Crippen LogP contribution in [0.5, 0.6) is 5.75 Å². The van der Waals surface area contributed by atoms with Gasteiger partial charge in [-0.2, -0.15) is 0 Å². The predicted octanol–water partition coefficient (Wildman–Crippen LogP) is 3.30. The highest BCUT2D eigenvalue weighted by Gasteiger charge is 2.33. The van der Waals surface area contributed by atoms with Crippen molar-refractivity contribution in [3.63, 3.8) is 0 Å². The first-order valence-corrected chi connectivity index (χ1v) is 8.72. The number of amides is 1. The number of benzene rings is 1. The van der Waals surface area contributed by atoms with E-state index < -0.39 is 0 Å². The molecular weight excluding hydrogens is 316 g/mol. The third-order valence-corrected chi connectivity index (χ3v) is 4.52. The molecule has 1 unspecified atom stereocenters. The first-order valence-electron chi connectivity index (χ1n) is 8.72.